The number of methoxy groups -OCH3 is 1. The number of hydrogen-bond donors (Lipinski definition) is 2. The lowest BCUT2D eigenvalue weighted by Crippen LogP contribution is -2.49. The summed E-state index contributed by atoms with van der Waals surface area (Å²) in [4.78, 5) is 19.0. The van der Waals surface area contributed by atoms with Crippen molar-refractivity contribution < 1.29 is 9.53 Å². The molecule has 1 aromatic carbocycles. The highest BCUT2D eigenvalue weighted by Gasteiger charge is 2.28. The molecule has 2 N–H and O–H groups in total. The van der Waals surface area contributed by atoms with E-state index in [0.717, 1.165) is 36.9 Å². The average molecular weight is 366 g/mol. The Bertz CT molecular complexity index is 706. The summed E-state index contributed by atoms with van der Waals surface area (Å²) in [5.41, 5.74) is 0.739. The van der Waals surface area contributed by atoms with Gasteiger partial charge in [0.25, 0.3) is 0 Å². The zero-order valence-electron chi connectivity index (χ0n) is 14.4. The van der Waals surface area contributed by atoms with E-state index in [2.05, 4.69) is 20.5 Å². The first kappa shape index (κ1) is 19.2. The molecule has 2 aromatic rings. The van der Waals surface area contributed by atoms with Crippen molar-refractivity contribution in [2.45, 2.75) is 6.04 Å². The molecule has 1 amide bonds. The fourth-order valence-electron chi connectivity index (χ4n) is 2.97. The Morgan fingerprint density at radius 3 is 3.04 bits per heavy atom. The molecule has 7 nitrogen and oxygen atoms in total. The van der Waals surface area contributed by atoms with E-state index in [-0.39, 0.29) is 24.4 Å². The molecular formula is C17H24ClN5O2. The van der Waals surface area contributed by atoms with Gasteiger partial charge in [0.1, 0.15) is 11.6 Å². The minimum absolute atomic E-state index is 0. The number of halogens is 1. The second-order valence-electron chi connectivity index (χ2n) is 5.87. The van der Waals surface area contributed by atoms with E-state index >= 15 is 0 Å². The van der Waals surface area contributed by atoms with Crippen LogP contribution in [0.1, 0.15) is 11.9 Å². The molecule has 1 aliphatic heterocycles. The minimum Gasteiger partial charge on any atom is -0.497 e. The van der Waals surface area contributed by atoms with Crippen molar-refractivity contribution in [3.05, 3.63) is 42.5 Å². The largest absolute Gasteiger partial charge is 0.497 e. The standard InChI is InChI=1S/C17H23N5O2.ClH/c1-21-8-7-19-17(21)15-11-18-6-9-22(15)12-16(23)20-13-4-3-5-14(10-13)24-2;/h3-5,7-8,10,15,18H,6,9,11-12H2,1-2H3,(H,20,23);1H. The van der Waals surface area contributed by atoms with Crippen LogP contribution in [0, 0.1) is 0 Å². The maximum atomic E-state index is 12.4. The van der Waals surface area contributed by atoms with Crippen LogP contribution in [0.25, 0.3) is 0 Å². The number of hydrogen-bond acceptors (Lipinski definition) is 5. The van der Waals surface area contributed by atoms with Crippen LogP contribution in [0.3, 0.4) is 0 Å². The fourth-order valence-corrected chi connectivity index (χ4v) is 2.97. The molecule has 25 heavy (non-hydrogen) atoms. The average Bonchev–Trinajstić information content (AvgIpc) is 3.01. The molecule has 0 aliphatic carbocycles. The first-order valence-corrected chi connectivity index (χ1v) is 8.03. The fraction of sp³-hybridized carbons (Fsp3) is 0.412. The molecule has 0 bridgehead atoms. The van der Waals surface area contributed by atoms with Crippen LogP contribution in [0.15, 0.2) is 36.7 Å². The number of nitrogens with zero attached hydrogens (tertiary/aromatic N) is 3. The van der Waals surface area contributed by atoms with Crippen molar-refractivity contribution in [1.82, 2.24) is 19.8 Å². The Balaban J connectivity index is 0.00000225. The molecule has 3 rings (SSSR count). The van der Waals surface area contributed by atoms with Crippen LogP contribution < -0.4 is 15.4 Å². The van der Waals surface area contributed by atoms with Gasteiger partial charge in [0.2, 0.25) is 5.91 Å². The topological polar surface area (TPSA) is 71.4 Å². The Labute approximate surface area is 153 Å². The summed E-state index contributed by atoms with van der Waals surface area (Å²) < 4.78 is 7.19. The molecule has 136 valence electrons. The molecule has 1 aliphatic rings. The summed E-state index contributed by atoms with van der Waals surface area (Å²) in [6.07, 6.45) is 3.72. The summed E-state index contributed by atoms with van der Waals surface area (Å²) >= 11 is 0. The minimum atomic E-state index is -0.0376. The van der Waals surface area contributed by atoms with Gasteiger partial charge in [-0.05, 0) is 12.1 Å². The summed E-state index contributed by atoms with van der Waals surface area (Å²) in [7, 11) is 3.59. The molecule has 8 heteroatoms. The Hall–Kier alpha value is -2.09. The molecule has 0 saturated carbocycles. The van der Waals surface area contributed by atoms with E-state index in [9.17, 15) is 4.79 Å². The van der Waals surface area contributed by atoms with E-state index in [1.54, 1.807) is 13.3 Å². The Kier molecular flexibility index (Phi) is 6.81. The number of carbonyl (C=O) groups excluding carboxylic acids is 1. The van der Waals surface area contributed by atoms with Crippen LogP contribution in [0.2, 0.25) is 0 Å². The Morgan fingerprint density at radius 1 is 1.48 bits per heavy atom. The molecular weight excluding hydrogens is 342 g/mol. The number of benzene rings is 1. The third-order valence-electron chi connectivity index (χ3n) is 4.21. The summed E-state index contributed by atoms with van der Waals surface area (Å²) in [6.45, 7) is 2.80. The van der Waals surface area contributed by atoms with Crippen LogP contribution >= 0.6 is 12.4 Å². The number of aryl methyl sites for hydroxylation is 1. The van der Waals surface area contributed by atoms with Crippen molar-refractivity contribution in [1.29, 1.82) is 0 Å². The quantitative estimate of drug-likeness (QED) is 0.838. The number of rotatable bonds is 5. The lowest BCUT2D eigenvalue weighted by Gasteiger charge is -2.35. The lowest BCUT2D eigenvalue weighted by molar-refractivity contribution is -0.118. The summed E-state index contributed by atoms with van der Waals surface area (Å²) in [5, 5.41) is 6.31. The smallest absolute Gasteiger partial charge is 0.238 e. The van der Waals surface area contributed by atoms with Crippen molar-refractivity contribution in [3.8, 4) is 5.75 Å². The van der Waals surface area contributed by atoms with Gasteiger partial charge in [0, 0.05) is 50.8 Å². The third-order valence-corrected chi connectivity index (χ3v) is 4.21. The third kappa shape index (κ3) is 4.72. The van der Waals surface area contributed by atoms with Crippen LogP contribution in [0.4, 0.5) is 5.69 Å². The molecule has 1 atom stereocenters. The molecule has 2 heterocycles. The van der Waals surface area contributed by atoms with Gasteiger partial charge in [0.15, 0.2) is 0 Å². The van der Waals surface area contributed by atoms with Crippen LogP contribution in [-0.4, -0.2) is 53.6 Å². The van der Waals surface area contributed by atoms with E-state index in [0.29, 0.717) is 6.54 Å². The zero-order valence-corrected chi connectivity index (χ0v) is 15.3. The van der Waals surface area contributed by atoms with Gasteiger partial charge in [-0.25, -0.2) is 4.98 Å². The van der Waals surface area contributed by atoms with Crippen molar-refractivity contribution in [3.63, 3.8) is 0 Å². The van der Waals surface area contributed by atoms with Gasteiger partial charge in [0.05, 0.1) is 19.7 Å². The number of imidazole rings is 1. The number of piperazine rings is 1. The highest BCUT2D eigenvalue weighted by molar-refractivity contribution is 5.92. The number of ether oxygens (including phenoxy) is 1. The summed E-state index contributed by atoms with van der Waals surface area (Å²) in [6, 6.07) is 7.47. The second-order valence-corrected chi connectivity index (χ2v) is 5.87. The maximum Gasteiger partial charge on any atom is 0.238 e. The molecule has 1 aromatic heterocycles. The molecule has 0 spiro atoms. The highest BCUT2D eigenvalue weighted by Crippen LogP contribution is 2.21. The summed E-state index contributed by atoms with van der Waals surface area (Å²) in [5.74, 6) is 1.65. The highest BCUT2D eigenvalue weighted by atomic mass is 35.5. The number of amides is 1. The van der Waals surface area contributed by atoms with Crippen LogP contribution in [-0.2, 0) is 11.8 Å². The number of aromatic nitrogens is 2. The van der Waals surface area contributed by atoms with E-state index in [1.165, 1.54) is 0 Å². The predicted octanol–water partition coefficient (Wildman–Crippen LogP) is 1.44. The molecule has 1 fully saturated rings. The zero-order chi connectivity index (χ0) is 16.9. The SMILES string of the molecule is COc1cccc(NC(=O)CN2CCNCC2c2nccn2C)c1.Cl. The normalized spacial score (nSPS) is 17.6. The van der Waals surface area contributed by atoms with Gasteiger partial charge < -0.3 is 19.9 Å². The Morgan fingerprint density at radius 2 is 2.32 bits per heavy atom. The predicted molar refractivity (Wildman–Crippen MR) is 99.3 cm³/mol. The lowest BCUT2D eigenvalue weighted by atomic mass is 10.1. The van der Waals surface area contributed by atoms with Crippen LogP contribution in [0.5, 0.6) is 5.75 Å². The van der Waals surface area contributed by atoms with Gasteiger partial charge in [-0.1, -0.05) is 6.07 Å². The van der Waals surface area contributed by atoms with E-state index in [1.807, 2.05) is 42.1 Å². The maximum absolute atomic E-state index is 12.4. The van der Waals surface area contributed by atoms with Gasteiger partial charge >= 0.3 is 0 Å². The van der Waals surface area contributed by atoms with Crippen molar-refractivity contribution >= 4 is 24.0 Å². The first-order chi connectivity index (χ1) is 11.7. The second kappa shape index (κ2) is 8.84. The molecule has 0 radical (unpaired) electrons. The first-order valence-electron chi connectivity index (χ1n) is 8.03. The molecule has 1 saturated heterocycles. The van der Waals surface area contributed by atoms with Gasteiger partial charge in [-0.3, -0.25) is 9.69 Å². The molecule has 1 unspecified atom stereocenters. The van der Waals surface area contributed by atoms with E-state index in [4.69, 9.17) is 4.74 Å². The van der Waals surface area contributed by atoms with Gasteiger partial charge in [-0.15, -0.1) is 12.4 Å². The monoisotopic (exact) mass is 365 g/mol. The van der Waals surface area contributed by atoms with Gasteiger partial charge in [-0.2, -0.15) is 0 Å². The number of anilines is 1. The number of carbonyl (C=O) groups is 1. The van der Waals surface area contributed by atoms with Crippen molar-refractivity contribution in [2.24, 2.45) is 7.05 Å². The van der Waals surface area contributed by atoms with Crippen molar-refractivity contribution in [2.75, 3.05) is 38.6 Å². The van der Waals surface area contributed by atoms with E-state index < -0.39 is 0 Å². The number of nitrogens with one attached hydrogen (secondary N) is 2.